The first kappa shape index (κ1) is 22.8. The normalized spacial score (nSPS) is 11.5. The number of aromatic nitrogens is 2. The molecule has 0 aliphatic rings. The standard InChI is InChI=1S/C23H20ClN5O2S2/c24-17-9-7-8-16(14-17)15-33(23-29-28-20(25)32-23,21(30)26-18-10-3-1-4-11-18)22(31)27-19-12-5-2-6-13-19/h1-14H,15H2,(H2,25,28)(H,26,30)(H,27,31). The third kappa shape index (κ3) is 5.16. The van der Waals surface area contributed by atoms with Gasteiger partial charge in [-0.25, -0.2) is 0 Å². The third-order valence-electron chi connectivity index (χ3n) is 4.67. The minimum atomic E-state index is -2.97. The van der Waals surface area contributed by atoms with Crippen molar-refractivity contribution in [2.75, 3.05) is 16.4 Å². The highest BCUT2D eigenvalue weighted by Gasteiger charge is 2.45. The molecule has 0 saturated heterocycles. The van der Waals surface area contributed by atoms with Gasteiger partial charge in [-0.1, -0.05) is 71.5 Å². The summed E-state index contributed by atoms with van der Waals surface area (Å²) >= 11 is 7.24. The Balaban J connectivity index is 1.84. The quantitative estimate of drug-likeness (QED) is 0.287. The SMILES string of the molecule is Nc1nnc(S(Cc2cccc(Cl)c2)(C(=O)Nc2ccccc2)C(=O)Nc2ccccc2)s1. The van der Waals surface area contributed by atoms with E-state index >= 15 is 0 Å². The number of nitrogen functional groups attached to an aromatic ring is 1. The van der Waals surface area contributed by atoms with Gasteiger partial charge in [-0.15, -0.1) is 10.2 Å². The van der Waals surface area contributed by atoms with Gasteiger partial charge in [0.25, 0.3) is 10.5 Å². The van der Waals surface area contributed by atoms with E-state index in [0.717, 1.165) is 16.9 Å². The molecule has 4 rings (SSSR count). The summed E-state index contributed by atoms with van der Waals surface area (Å²) in [4.78, 5) is 27.8. The lowest BCUT2D eigenvalue weighted by atomic mass is 10.2. The number of nitrogens with two attached hydrogens (primary N) is 1. The highest BCUT2D eigenvalue weighted by molar-refractivity contribution is 8.56. The van der Waals surface area contributed by atoms with E-state index in [1.807, 2.05) is 18.2 Å². The molecule has 4 N–H and O–H groups in total. The van der Waals surface area contributed by atoms with Crippen LogP contribution in [0.5, 0.6) is 0 Å². The summed E-state index contributed by atoms with van der Waals surface area (Å²) in [5.41, 5.74) is 7.72. The van der Waals surface area contributed by atoms with Crippen LogP contribution in [0, 0.1) is 0 Å². The van der Waals surface area contributed by atoms with Crippen molar-refractivity contribution in [1.29, 1.82) is 0 Å². The van der Waals surface area contributed by atoms with Crippen LogP contribution in [-0.2, 0) is 5.75 Å². The molecule has 0 aliphatic heterocycles. The number of carbonyl (C=O) groups is 2. The predicted molar refractivity (Wildman–Crippen MR) is 136 cm³/mol. The van der Waals surface area contributed by atoms with E-state index in [2.05, 4.69) is 20.8 Å². The van der Waals surface area contributed by atoms with E-state index in [9.17, 15) is 9.59 Å². The number of para-hydroxylation sites is 2. The Morgan fingerprint density at radius 2 is 1.42 bits per heavy atom. The highest BCUT2D eigenvalue weighted by Crippen LogP contribution is 2.61. The number of nitrogens with one attached hydrogen (secondary N) is 2. The molecule has 0 aliphatic carbocycles. The third-order valence-corrected chi connectivity index (χ3v) is 9.47. The molecule has 7 nitrogen and oxygen atoms in total. The van der Waals surface area contributed by atoms with Crippen LogP contribution >= 0.6 is 33.0 Å². The van der Waals surface area contributed by atoms with Crippen LogP contribution in [0.4, 0.5) is 26.1 Å². The lowest BCUT2D eigenvalue weighted by molar-refractivity contribution is 0.265. The van der Waals surface area contributed by atoms with Gasteiger partial charge >= 0.3 is 0 Å². The number of benzene rings is 3. The number of amides is 2. The molecule has 33 heavy (non-hydrogen) atoms. The second-order valence-electron chi connectivity index (χ2n) is 6.98. The largest absolute Gasteiger partial charge is 0.374 e. The van der Waals surface area contributed by atoms with Crippen LogP contribution in [-0.4, -0.2) is 20.7 Å². The molecule has 0 bridgehead atoms. The van der Waals surface area contributed by atoms with Crippen molar-refractivity contribution in [3.63, 3.8) is 0 Å². The maximum absolute atomic E-state index is 13.9. The lowest BCUT2D eigenvalue weighted by Crippen LogP contribution is -2.31. The van der Waals surface area contributed by atoms with Gasteiger partial charge in [0, 0.05) is 22.2 Å². The molecule has 0 fully saturated rings. The summed E-state index contributed by atoms with van der Waals surface area (Å²) in [6.45, 7) is 0. The summed E-state index contributed by atoms with van der Waals surface area (Å²) in [6, 6.07) is 25.0. The Labute approximate surface area is 201 Å². The summed E-state index contributed by atoms with van der Waals surface area (Å²) in [7, 11) is -2.97. The van der Waals surface area contributed by atoms with Gasteiger partial charge < -0.3 is 16.4 Å². The second kappa shape index (κ2) is 10.0. The minimum Gasteiger partial charge on any atom is -0.374 e. The van der Waals surface area contributed by atoms with Gasteiger partial charge in [-0.3, -0.25) is 9.59 Å². The van der Waals surface area contributed by atoms with Crippen LogP contribution in [0.1, 0.15) is 5.56 Å². The van der Waals surface area contributed by atoms with Crippen molar-refractivity contribution in [3.8, 4) is 0 Å². The van der Waals surface area contributed by atoms with Gasteiger partial charge in [0.05, 0.1) is 0 Å². The Hall–Kier alpha value is -3.40. The Morgan fingerprint density at radius 1 is 0.848 bits per heavy atom. The van der Waals surface area contributed by atoms with Crippen molar-refractivity contribution >= 4 is 60.0 Å². The van der Waals surface area contributed by atoms with Crippen LogP contribution in [0.2, 0.25) is 5.02 Å². The predicted octanol–water partition coefficient (Wildman–Crippen LogP) is 6.60. The first-order valence-electron chi connectivity index (χ1n) is 9.84. The molecule has 2 amide bonds. The fourth-order valence-electron chi connectivity index (χ4n) is 3.13. The smallest absolute Gasteiger partial charge is 0.280 e. The molecule has 0 unspecified atom stereocenters. The fraction of sp³-hybridized carbons (Fsp3) is 0.0435. The Morgan fingerprint density at radius 3 is 1.91 bits per heavy atom. The maximum atomic E-state index is 13.9. The van der Waals surface area contributed by atoms with E-state index in [-0.39, 0.29) is 15.2 Å². The number of nitrogens with zero attached hydrogens (tertiary/aromatic N) is 2. The van der Waals surface area contributed by atoms with Gasteiger partial charge in [0.2, 0.25) is 5.13 Å². The minimum absolute atomic E-state index is 0.0829. The van der Waals surface area contributed by atoms with E-state index in [4.69, 9.17) is 17.3 Å². The molecule has 1 heterocycles. The molecule has 0 spiro atoms. The first-order valence-corrected chi connectivity index (χ1v) is 12.8. The number of carbonyl (C=O) groups excluding carboxylic acids is 2. The average Bonchev–Trinajstić information content (AvgIpc) is 3.25. The summed E-state index contributed by atoms with van der Waals surface area (Å²) in [5, 5.41) is 13.6. The van der Waals surface area contributed by atoms with Crippen LogP contribution in [0.3, 0.4) is 0 Å². The van der Waals surface area contributed by atoms with E-state index in [0.29, 0.717) is 16.4 Å². The number of hydrogen-bond acceptors (Lipinski definition) is 6. The van der Waals surface area contributed by atoms with Crippen LogP contribution in [0.25, 0.3) is 0 Å². The number of hydrogen-bond donors (Lipinski definition) is 3. The molecular weight excluding hydrogens is 478 g/mol. The van der Waals surface area contributed by atoms with Crippen molar-refractivity contribution in [3.05, 3.63) is 95.5 Å². The van der Waals surface area contributed by atoms with Gasteiger partial charge in [0.15, 0.2) is 4.34 Å². The van der Waals surface area contributed by atoms with Gasteiger partial charge in [-0.2, -0.15) is 0 Å². The lowest BCUT2D eigenvalue weighted by Gasteiger charge is -2.34. The molecular formula is C23H20ClN5O2S2. The van der Waals surface area contributed by atoms with E-state index in [1.165, 1.54) is 0 Å². The monoisotopic (exact) mass is 497 g/mol. The van der Waals surface area contributed by atoms with Crippen molar-refractivity contribution in [2.24, 2.45) is 0 Å². The van der Waals surface area contributed by atoms with Crippen LogP contribution < -0.4 is 16.4 Å². The molecule has 3 aromatic carbocycles. The topological polar surface area (TPSA) is 110 Å². The molecule has 4 aromatic rings. The summed E-state index contributed by atoms with van der Waals surface area (Å²) in [5.74, 6) is 0.0829. The molecule has 0 radical (unpaired) electrons. The highest BCUT2D eigenvalue weighted by atomic mass is 35.5. The zero-order valence-electron chi connectivity index (χ0n) is 17.3. The fourth-order valence-corrected chi connectivity index (χ4v) is 7.45. The van der Waals surface area contributed by atoms with Crippen molar-refractivity contribution in [2.45, 2.75) is 10.1 Å². The van der Waals surface area contributed by atoms with Crippen molar-refractivity contribution in [1.82, 2.24) is 10.2 Å². The van der Waals surface area contributed by atoms with Crippen LogP contribution in [0.15, 0.2) is 89.3 Å². The average molecular weight is 498 g/mol. The molecule has 0 atom stereocenters. The zero-order chi connectivity index (χ0) is 23.3. The van der Waals surface area contributed by atoms with Crippen molar-refractivity contribution < 1.29 is 9.59 Å². The summed E-state index contributed by atoms with van der Waals surface area (Å²) < 4.78 is 0.266. The first-order chi connectivity index (χ1) is 16.0. The second-order valence-corrected chi connectivity index (χ2v) is 11.6. The van der Waals surface area contributed by atoms with E-state index < -0.39 is 20.5 Å². The molecule has 10 heteroatoms. The molecule has 1 aromatic heterocycles. The van der Waals surface area contributed by atoms with Gasteiger partial charge in [-0.05, 0) is 52.0 Å². The number of anilines is 3. The Kier molecular flexibility index (Phi) is 6.93. The number of halogens is 1. The molecule has 168 valence electrons. The summed E-state index contributed by atoms with van der Waals surface area (Å²) in [6.07, 6.45) is 0. The van der Waals surface area contributed by atoms with E-state index in [1.54, 1.807) is 66.7 Å². The number of rotatable bonds is 5. The maximum Gasteiger partial charge on any atom is 0.280 e. The molecule has 0 saturated carbocycles. The Bertz CT molecular complexity index is 1210. The van der Waals surface area contributed by atoms with Gasteiger partial charge in [0.1, 0.15) is 0 Å². The zero-order valence-corrected chi connectivity index (χ0v) is 19.7.